The van der Waals surface area contributed by atoms with E-state index in [-0.39, 0.29) is 11.4 Å². The van der Waals surface area contributed by atoms with Crippen LogP contribution < -0.4 is 0 Å². The molecule has 0 saturated carbocycles. The summed E-state index contributed by atoms with van der Waals surface area (Å²) in [5, 5.41) is 8.22. The van der Waals surface area contributed by atoms with Crippen LogP contribution in [0.15, 0.2) is 23.5 Å². The van der Waals surface area contributed by atoms with Crippen molar-refractivity contribution in [3.8, 4) is 0 Å². The van der Waals surface area contributed by atoms with Crippen LogP contribution in [-0.4, -0.2) is 39.3 Å². The summed E-state index contributed by atoms with van der Waals surface area (Å²) in [6.45, 7) is 4.55. The van der Waals surface area contributed by atoms with E-state index in [1.807, 2.05) is 6.92 Å². The van der Waals surface area contributed by atoms with Gasteiger partial charge in [0.2, 0.25) is 10.0 Å². The number of aryl methyl sites for hydroxylation is 3. The summed E-state index contributed by atoms with van der Waals surface area (Å²) in [6.07, 6.45) is 5.03. The molecule has 0 amide bonds. The molecular weight excluding hydrogens is 278 g/mol. The second-order valence-corrected chi connectivity index (χ2v) is 6.73. The van der Waals surface area contributed by atoms with Crippen molar-refractivity contribution in [2.45, 2.75) is 31.8 Å². The Hall–Kier alpha value is -1.67. The van der Waals surface area contributed by atoms with Crippen LogP contribution in [0.1, 0.15) is 18.2 Å². The average Bonchev–Trinajstić information content (AvgIpc) is 2.95. The van der Waals surface area contributed by atoms with Crippen molar-refractivity contribution >= 4 is 10.0 Å². The molecule has 2 aromatic heterocycles. The number of sulfonamides is 1. The summed E-state index contributed by atoms with van der Waals surface area (Å²) in [5.74, 6) is 0. The molecule has 0 aliphatic carbocycles. The molecule has 20 heavy (non-hydrogen) atoms. The van der Waals surface area contributed by atoms with Crippen LogP contribution >= 0.6 is 0 Å². The topological polar surface area (TPSA) is 73.0 Å². The third kappa shape index (κ3) is 2.75. The second kappa shape index (κ2) is 5.37. The standard InChI is InChI=1S/C12H19N5O2S/c1-5-17-9-12(10(2)14-17)20(18,19)16(4)8-11-6-13-15(3)7-11/h6-7,9H,5,8H2,1-4H3. The largest absolute Gasteiger partial charge is 0.275 e. The Balaban J connectivity index is 2.26. The average molecular weight is 297 g/mol. The van der Waals surface area contributed by atoms with Crippen molar-refractivity contribution in [2.24, 2.45) is 7.05 Å². The predicted molar refractivity (Wildman–Crippen MR) is 74.5 cm³/mol. The Morgan fingerprint density at radius 2 is 2.05 bits per heavy atom. The molecule has 0 bridgehead atoms. The van der Waals surface area contributed by atoms with E-state index in [1.165, 1.54) is 4.31 Å². The van der Waals surface area contributed by atoms with Crippen molar-refractivity contribution in [2.75, 3.05) is 7.05 Å². The zero-order chi connectivity index (χ0) is 14.9. The van der Waals surface area contributed by atoms with E-state index in [1.54, 1.807) is 49.0 Å². The van der Waals surface area contributed by atoms with E-state index in [2.05, 4.69) is 10.2 Å². The summed E-state index contributed by atoms with van der Waals surface area (Å²) in [6, 6.07) is 0. The van der Waals surface area contributed by atoms with Gasteiger partial charge < -0.3 is 0 Å². The SMILES string of the molecule is CCn1cc(S(=O)(=O)N(C)Cc2cnn(C)c2)c(C)n1. The van der Waals surface area contributed by atoms with Crippen LogP contribution in [0, 0.1) is 6.92 Å². The first kappa shape index (κ1) is 14.7. The summed E-state index contributed by atoms with van der Waals surface area (Å²) < 4.78 is 29.7. The van der Waals surface area contributed by atoms with Crippen molar-refractivity contribution in [1.29, 1.82) is 0 Å². The normalized spacial score (nSPS) is 12.2. The van der Waals surface area contributed by atoms with E-state index in [4.69, 9.17) is 0 Å². The number of hydrogen-bond acceptors (Lipinski definition) is 4. The Morgan fingerprint density at radius 3 is 2.55 bits per heavy atom. The Bertz CT molecular complexity index is 701. The van der Waals surface area contributed by atoms with Gasteiger partial charge in [0.25, 0.3) is 0 Å². The fourth-order valence-electron chi connectivity index (χ4n) is 1.98. The van der Waals surface area contributed by atoms with Gasteiger partial charge in [0, 0.05) is 45.1 Å². The van der Waals surface area contributed by atoms with Gasteiger partial charge >= 0.3 is 0 Å². The minimum atomic E-state index is -3.53. The van der Waals surface area contributed by atoms with E-state index < -0.39 is 10.0 Å². The monoisotopic (exact) mass is 297 g/mol. The maximum atomic E-state index is 12.5. The lowest BCUT2D eigenvalue weighted by molar-refractivity contribution is 0.466. The zero-order valence-corrected chi connectivity index (χ0v) is 12.9. The molecule has 0 aliphatic heterocycles. The van der Waals surface area contributed by atoms with Crippen molar-refractivity contribution in [3.63, 3.8) is 0 Å². The Kier molecular flexibility index (Phi) is 3.96. The lowest BCUT2D eigenvalue weighted by Crippen LogP contribution is -2.26. The molecule has 0 aromatic carbocycles. The highest BCUT2D eigenvalue weighted by molar-refractivity contribution is 7.89. The highest BCUT2D eigenvalue weighted by Crippen LogP contribution is 2.19. The van der Waals surface area contributed by atoms with Gasteiger partial charge in [-0.3, -0.25) is 9.36 Å². The first-order valence-electron chi connectivity index (χ1n) is 6.32. The molecule has 0 spiro atoms. The fourth-order valence-corrected chi connectivity index (χ4v) is 3.30. The molecule has 8 heteroatoms. The summed E-state index contributed by atoms with van der Waals surface area (Å²) >= 11 is 0. The van der Waals surface area contributed by atoms with Crippen LogP contribution in [0.3, 0.4) is 0 Å². The van der Waals surface area contributed by atoms with Crippen LogP contribution in [0.25, 0.3) is 0 Å². The highest BCUT2D eigenvalue weighted by Gasteiger charge is 2.25. The number of rotatable bonds is 5. The number of hydrogen-bond donors (Lipinski definition) is 0. The van der Waals surface area contributed by atoms with Gasteiger partial charge in [0.15, 0.2) is 0 Å². The fraction of sp³-hybridized carbons (Fsp3) is 0.500. The smallest absolute Gasteiger partial charge is 0.246 e. The van der Waals surface area contributed by atoms with Crippen LogP contribution in [-0.2, 0) is 30.2 Å². The second-order valence-electron chi connectivity index (χ2n) is 4.72. The quantitative estimate of drug-likeness (QED) is 0.817. The molecule has 2 aromatic rings. The van der Waals surface area contributed by atoms with Gasteiger partial charge in [-0.25, -0.2) is 8.42 Å². The third-order valence-corrected chi connectivity index (χ3v) is 4.98. The molecule has 0 radical (unpaired) electrons. The van der Waals surface area contributed by atoms with Crippen LogP contribution in [0.4, 0.5) is 0 Å². The molecular formula is C12H19N5O2S. The van der Waals surface area contributed by atoms with Crippen LogP contribution in [0.2, 0.25) is 0 Å². The molecule has 0 unspecified atom stereocenters. The first-order chi connectivity index (χ1) is 9.34. The van der Waals surface area contributed by atoms with Crippen molar-refractivity contribution < 1.29 is 8.42 Å². The molecule has 2 rings (SSSR count). The Labute approximate surface area is 118 Å². The molecule has 0 fully saturated rings. The van der Waals surface area contributed by atoms with Gasteiger partial charge in [0.1, 0.15) is 4.90 Å². The molecule has 0 N–H and O–H groups in total. The van der Waals surface area contributed by atoms with Gasteiger partial charge in [-0.05, 0) is 13.8 Å². The lowest BCUT2D eigenvalue weighted by Gasteiger charge is -2.15. The van der Waals surface area contributed by atoms with E-state index in [0.717, 1.165) is 5.56 Å². The van der Waals surface area contributed by atoms with Crippen molar-refractivity contribution in [1.82, 2.24) is 23.9 Å². The molecule has 7 nitrogen and oxygen atoms in total. The molecule has 2 heterocycles. The van der Waals surface area contributed by atoms with Gasteiger partial charge in [-0.2, -0.15) is 14.5 Å². The maximum absolute atomic E-state index is 12.5. The van der Waals surface area contributed by atoms with Crippen LogP contribution in [0.5, 0.6) is 0 Å². The zero-order valence-electron chi connectivity index (χ0n) is 12.1. The third-order valence-electron chi connectivity index (χ3n) is 3.08. The predicted octanol–water partition coefficient (Wildman–Crippen LogP) is 0.766. The van der Waals surface area contributed by atoms with Crippen molar-refractivity contribution in [3.05, 3.63) is 29.8 Å². The van der Waals surface area contributed by atoms with Gasteiger partial charge in [-0.15, -0.1) is 0 Å². The summed E-state index contributed by atoms with van der Waals surface area (Å²) in [5.41, 5.74) is 1.36. The van der Waals surface area contributed by atoms with E-state index in [0.29, 0.717) is 12.2 Å². The maximum Gasteiger partial charge on any atom is 0.246 e. The summed E-state index contributed by atoms with van der Waals surface area (Å²) in [7, 11) is -0.175. The number of nitrogens with zero attached hydrogens (tertiary/aromatic N) is 5. The molecule has 0 aliphatic rings. The minimum Gasteiger partial charge on any atom is -0.275 e. The first-order valence-corrected chi connectivity index (χ1v) is 7.76. The van der Waals surface area contributed by atoms with Gasteiger partial charge in [0.05, 0.1) is 11.9 Å². The number of aromatic nitrogens is 4. The Morgan fingerprint density at radius 1 is 1.35 bits per heavy atom. The van der Waals surface area contributed by atoms with E-state index >= 15 is 0 Å². The molecule has 0 saturated heterocycles. The highest BCUT2D eigenvalue weighted by atomic mass is 32.2. The summed E-state index contributed by atoms with van der Waals surface area (Å²) in [4.78, 5) is 0.255. The minimum absolute atomic E-state index is 0.255. The van der Waals surface area contributed by atoms with E-state index in [9.17, 15) is 8.42 Å². The lowest BCUT2D eigenvalue weighted by atomic mass is 10.4. The molecule has 110 valence electrons. The van der Waals surface area contributed by atoms with Gasteiger partial charge in [-0.1, -0.05) is 0 Å². The molecule has 0 atom stereocenters.